The lowest BCUT2D eigenvalue weighted by atomic mass is 9.75. The van der Waals surface area contributed by atoms with E-state index in [1.54, 1.807) is 24.3 Å². The van der Waals surface area contributed by atoms with E-state index in [1.165, 1.54) is 35.4 Å². The zero-order valence-electron chi connectivity index (χ0n) is 22.9. The van der Waals surface area contributed by atoms with Gasteiger partial charge >= 0.3 is 6.03 Å². The van der Waals surface area contributed by atoms with E-state index in [9.17, 15) is 19.2 Å². The van der Waals surface area contributed by atoms with Crippen molar-refractivity contribution in [3.05, 3.63) is 51.9 Å². The number of aromatic nitrogens is 1. The highest BCUT2D eigenvalue weighted by Crippen LogP contribution is 2.43. The Morgan fingerprint density at radius 2 is 1.51 bits per heavy atom. The summed E-state index contributed by atoms with van der Waals surface area (Å²) in [4.78, 5) is 57.2. The second-order valence-corrected chi connectivity index (χ2v) is 10.7. The number of imide groups is 2. The van der Waals surface area contributed by atoms with Gasteiger partial charge in [-0.2, -0.15) is 0 Å². The van der Waals surface area contributed by atoms with E-state index < -0.39 is 23.3 Å². The Morgan fingerprint density at radius 1 is 0.872 bits per heavy atom. The van der Waals surface area contributed by atoms with Crippen LogP contribution in [0.3, 0.4) is 0 Å². The first-order chi connectivity index (χ1) is 18.6. The summed E-state index contributed by atoms with van der Waals surface area (Å²) < 4.78 is 18.3. The predicted molar refractivity (Wildman–Crippen MR) is 141 cm³/mol. The van der Waals surface area contributed by atoms with Crippen LogP contribution in [0.15, 0.2) is 35.1 Å². The first-order valence-electron chi connectivity index (χ1n) is 12.9. The van der Waals surface area contributed by atoms with Crippen LogP contribution in [0.4, 0.5) is 4.79 Å². The summed E-state index contributed by atoms with van der Waals surface area (Å²) in [5.41, 5.74) is 0.0579. The van der Waals surface area contributed by atoms with E-state index in [-0.39, 0.29) is 30.4 Å². The van der Waals surface area contributed by atoms with Crippen LogP contribution < -0.4 is 19.8 Å². The summed E-state index contributed by atoms with van der Waals surface area (Å²) in [5, 5.41) is 0. The molecule has 208 valence electrons. The summed E-state index contributed by atoms with van der Waals surface area (Å²) >= 11 is 0. The molecule has 2 fully saturated rings. The van der Waals surface area contributed by atoms with Gasteiger partial charge in [-0.15, -0.1) is 0 Å². The van der Waals surface area contributed by atoms with Crippen LogP contribution in [-0.4, -0.2) is 92.2 Å². The summed E-state index contributed by atoms with van der Waals surface area (Å²) in [5.74, 6) is 0.445. The molecule has 1 aromatic carbocycles. The molecule has 2 bridgehead atoms. The molecule has 4 heterocycles. The zero-order chi connectivity index (χ0) is 28.1. The lowest BCUT2D eigenvalue weighted by Crippen LogP contribution is -2.67. The topological polar surface area (TPSA) is 111 Å². The minimum absolute atomic E-state index is 0.00563. The quantitative estimate of drug-likeness (QED) is 0.489. The molecule has 2 aromatic rings. The Kier molecular flexibility index (Phi) is 6.88. The molecule has 2 atom stereocenters. The Bertz CT molecular complexity index is 1340. The Labute approximate surface area is 226 Å². The number of nitrogens with zero attached hydrogens (tertiary/aromatic N) is 4. The minimum Gasteiger partial charge on any atom is -0.493 e. The Morgan fingerprint density at radius 3 is 2.10 bits per heavy atom. The van der Waals surface area contributed by atoms with Crippen molar-refractivity contribution in [1.29, 1.82) is 0 Å². The third-order valence-electron chi connectivity index (χ3n) is 8.28. The number of carbonyl (C=O) groups excluding carboxylic acids is 3. The molecule has 5 rings (SSSR count). The smallest absolute Gasteiger partial charge is 0.332 e. The van der Waals surface area contributed by atoms with Crippen LogP contribution in [0.2, 0.25) is 0 Å². The number of hydrogen-bond acceptors (Lipinski definition) is 8. The molecule has 11 nitrogen and oxygen atoms in total. The number of ether oxygens (including phenoxy) is 3. The number of amides is 4. The van der Waals surface area contributed by atoms with Crippen LogP contribution in [0.1, 0.15) is 23.6 Å². The highest BCUT2D eigenvalue weighted by atomic mass is 16.5. The monoisotopic (exact) mass is 538 g/mol. The molecule has 1 aromatic heterocycles. The van der Waals surface area contributed by atoms with Crippen molar-refractivity contribution in [2.24, 2.45) is 11.3 Å². The third-order valence-corrected chi connectivity index (χ3v) is 8.28. The normalized spacial score (nSPS) is 22.5. The summed E-state index contributed by atoms with van der Waals surface area (Å²) in [6, 6.07) is 8.14. The number of benzene rings is 1. The fourth-order valence-corrected chi connectivity index (χ4v) is 6.57. The molecule has 39 heavy (non-hydrogen) atoms. The van der Waals surface area contributed by atoms with Gasteiger partial charge in [0, 0.05) is 58.0 Å². The van der Waals surface area contributed by atoms with Crippen LogP contribution in [0.5, 0.6) is 17.2 Å². The van der Waals surface area contributed by atoms with Gasteiger partial charge in [-0.05, 0) is 42.5 Å². The number of urea groups is 1. The van der Waals surface area contributed by atoms with Crippen LogP contribution >= 0.6 is 0 Å². The first kappa shape index (κ1) is 26.7. The van der Waals surface area contributed by atoms with Gasteiger partial charge in [-0.3, -0.25) is 24.2 Å². The molecule has 0 aliphatic carbocycles. The molecular weight excluding hydrogens is 504 g/mol. The average Bonchev–Trinajstić information content (AvgIpc) is 2.94. The van der Waals surface area contributed by atoms with Gasteiger partial charge < -0.3 is 23.7 Å². The van der Waals surface area contributed by atoms with Gasteiger partial charge in [-0.1, -0.05) is 6.07 Å². The number of fused-ring (bicyclic) bond motifs is 4. The Balaban J connectivity index is 1.54. The van der Waals surface area contributed by atoms with Crippen LogP contribution in [0.25, 0.3) is 0 Å². The van der Waals surface area contributed by atoms with Crippen molar-refractivity contribution in [2.45, 2.75) is 25.3 Å². The van der Waals surface area contributed by atoms with E-state index in [4.69, 9.17) is 14.2 Å². The van der Waals surface area contributed by atoms with Crippen molar-refractivity contribution in [2.75, 3.05) is 55.1 Å². The van der Waals surface area contributed by atoms with Crippen LogP contribution in [0, 0.1) is 11.3 Å². The second kappa shape index (κ2) is 10.0. The highest BCUT2D eigenvalue weighted by Gasteiger charge is 2.56. The standard InChI is InChI=1S/C28H34N4O7/c1-29-25(34)28(26(35)30(2)27(29)36,12-17-10-21(37-3)24(39-5)22(11-17)38-4)16-31-13-18-9-19(15-31)20-7-6-8-23(33)32(20)14-18/h6-8,10-11,18-19H,9,12-16H2,1-5H3/t18-,19+/m1/s1. The van der Waals surface area contributed by atoms with E-state index in [1.807, 2.05) is 10.6 Å². The van der Waals surface area contributed by atoms with Gasteiger partial charge in [0.2, 0.25) is 17.6 Å². The maximum absolute atomic E-state index is 13.9. The van der Waals surface area contributed by atoms with Crippen LogP contribution in [-0.2, 0) is 22.6 Å². The van der Waals surface area contributed by atoms with Crippen molar-refractivity contribution in [1.82, 2.24) is 19.3 Å². The lowest BCUT2D eigenvalue weighted by molar-refractivity contribution is -0.159. The molecular formula is C28H34N4O7. The summed E-state index contributed by atoms with van der Waals surface area (Å²) in [6.07, 6.45) is 0.977. The maximum Gasteiger partial charge on any atom is 0.332 e. The largest absolute Gasteiger partial charge is 0.493 e. The zero-order valence-corrected chi connectivity index (χ0v) is 22.9. The van der Waals surface area contributed by atoms with E-state index in [0.29, 0.717) is 42.4 Å². The Hall–Kier alpha value is -3.86. The van der Waals surface area contributed by atoms with Crippen molar-refractivity contribution in [3.63, 3.8) is 0 Å². The van der Waals surface area contributed by atoms with Gasteiger partial charge in [0.15, 0.2) is 11.5 Å². The number of barbiturate groups is 1. The van der Waals surface area contributed by atoms with E-state index in [2.05, 4.69) is 4.90 Å². The number of carbonyl (C=O) groups is 3. The highest BCUT2D eigenvalue weighted by molar-refractivity contribution is 6.19. The summed E-state index contributed by atoms with van der Waals surface area (Å²) in [6.45, 7) is 1.96. The number of pyridine rings is 1. The molecule has 0 unspecified atom stereocenters. The maximum atomic E-state index is 13.9. The second-order valence-electron chi connectivity index (χ2n) is 10.7. The van der Waals surface area contributed by atoms with Gasteiger partial charge in [-0.25, -0.2) is 4.79 Å². The molecule has 0 spiro atoms. The molecule has 4 amide bonds. The fraction of sp³-hybridized carbons (Fsp3) is 0.500. The molecule has 2 saturated heterocycles. The number of likely N-dealkylation sites (tertiary alicyclic amines) is 1. The van der Waals surface area contributed by atoms with Gasteiger partial charge in [0.1, 0.15) is 5.41 Å². The van der Waals surface area contributed by atoms with E-state index >= 15 is 0 Å². The third kappa shape index (κ3) is 4.34. The predicted octanol–water partition coefficient (Wildman–Crippen LogP) is 1.57. The van der Waals surface area contributed by atoms with Crippen molar-refractivity contribution < 1.29 is 28.6 Å². The molecule has 11 heteroatoms. The number of rotatable bonds is 7. The minimum atomic E-state index is -1.55. The fourth-order valence-electron chi connectivity index (χ4n) is 6.57. The van der Waals surface area contributed by atoms with Crippen molar-refractivity contribution >= 4 is 17.8 Å². The van der Waals surface area contributed by atoms with Gasteiger partial charge in [0.05, 0.1) is 21.3 Å². The SMILES string of the molecule is COc1cc(CC2(CN3C[C@H]4C[C@@H](C3)c3cccc(=O)n3C4)C(=O)N(C)C(=O)N(C)C2=O)cc(OC)c1OC. The number of piperidine rings is 1. The van der Waals surface area contributed by atoms with Crippen molar-refractivity contribution in [3.8, 4) is 17.2 Å². The lowest BCUT2D eigenvalue weighted by Gasteiger charge is -2.48. The average molecular weight is 539 g/mol. The molecule has 0 saturated carbocycles. The van der Waals surface area contributed by atoms with Gasteiger partial charge in [0.25, 0.3) is 5.56 Å². The van der Waals surface area contributed by atoms with E-state index in [0.717, 1.165) is 21.9 Å². The number of methoxy groups -OCH3 is 3. The molecule has 3 aliphatic rings. The summed E-state index contributed by atoms with van der Waals surface area (Å²) in [7, 11) is 7.33. The first-order valence-corrected chi connectivity index (χ1v) is 12.9. The number of hydrogen-bond donors (Lipinski definition) is 0. The molecule has 0 radical (unpaired) electrons. The molecule has 0 N–H and O–H groups in total. The molecule has 3 aliphatic heterocycles.